The Kier molecular flexibility index (Phi) is 5.60. The van der Waals surface area contributed by atoms with Gasteiger partial charge in [0.05, 0.1) is 25.1 Å². The largest absolute Gasteiger partial charge is 0.467 e. The zero-order chi connectivity index (χ0) is 16.2. The molecule has 0 radical (unpaired) electrons. The van der Waals surface area contributed by atoms with Crippen molar-refractivity contribution in [2.24, 2.45) is 0 Å². The van der Waals surface area contributed by atoms with Gasteiger partial charge in [-0.2, -0.15) is 0 Å². The van der Waals surface area contributed by atoms with Crippen LogP contribution < -0.4 is 10.0 Å². The first-order valence-electron chi connectivity index (χ1n) is 7.36. The van der Waals surface area contributed by atoms with Crippen molar-refractivity contribution < 1.29 is 17.6 Å². The molecule has 0 saturated carbocycles. The lowest BCUT2D eigenvalue weighted by molar-refractivity contribution is -0.123. The molecule has 1 amide bonds. The number of amides is 1. The molecule has 1 aliphatic heterocycles. The Morgan fingerprint density at radius 1 is 1.45 bits per heavy atom. The molecule has 1 atom stereocenters. The topological polar surface area (TPSA) is 91.7 Å². The smallest absolute Gasteiger partial charge is 0.234 e. The van der Waals surface area contributed by atoms with E-state index in [-0.39, 0.29) is 18.0 Å². The van der Waals surface area contributed by atoms with E-state index in [0.29, 0.717) is 32.5 Å². The number of nitrogens with zero attached hydrogens (tertiary/aromatic N) is 1. The first-order chi connectivity index (χ1) is 10.3. The van der Waals surface area contributed by atoms with Gasteiger partial charge in [0.15, 0.2) is 0 Å². The molecular weight excluding hydrogens is 306 g/mol. The van der Waals surface area contributed by atoms with Gasteiger partial charge in [-0.3, -0.25) is 9.69 Å². The molecule has 2 heterocycles. The average molecular weight is 329 g/mol. The van der Waals surface area contributed by atoms with E-state index >= 15 is 0 Å². The summed E-state index contributed by atoms with van der Waals surface area (Å²) in [7, 11) is -3.16. The monoisotopic (exact) mass is 329 g/mol. The molecule has 1 aromatic rings. The van der Waals surface area contributed by atoms with Gasteiger partial charge in [-0.15, -0.1) is 0 Å². The van der Waals surface area contributed by atoms with E-state index < -0.39 is 10.0 Å². The second-order valence-corrected chi connectivity index (χ2v) is 7.53. The van der Waals surface area contributed by atoms with E-state index in [1.165, 1.54) is 6.26 Å². The molecule has 0 spiro atoms. The Morgan fingerprint density at radius 3 is 2.68 bits per heavy atom. The molecule has 1 aliphatic rings. The predicted molar refractivity (Wildman–Crippen MR) is 82.7 cm³/mol. The summed E-state index contributed by atoms with van der Waals surface area (Å²) in [6.07, 6.45) is 4.18. The van der Waals surface area contributed by atoms with Crippen molar-refractivity contribution in [3.63, 3.8) is 0 Å². The molecule has 0 aliphatic carbocycles. The van der Waals surface area contributed by atoms with Crippen molar-refractivity contribution in [1.82, 2.24) is 14.9 Å². The fourth-order valence-corrected chi connectivity index (χ4v) is 3.45. The van der Waals surface area contributed by atoms with E-state index in [4.69, 9.17) is 4.42 Å². The molecule has 1 fully saturated rings. The molecule has 2 N–H and O–H groups in total. The maximum atomic E-state index is 12.0. The molecule has 2 rings (SSSR count). The number of carbonyl (C=O) groups excluding carboxylic acids is 1. The van der Waals surface area contributed by atoms with Gasteiger partial charge in [-0.25, -0.2) is 13.1 Å². The van der Waals surface area contributed by atoms with Crippen molar-refractivity contribution in [3.8, 4) is 0 Å². The molecule has 7 nitrogen and oxygen atoms in total. The van der Waals surface area contributed by atoms with Crippen molar-refractivity contribution >= 4 is 15.9 Å². The first-order valence-corrected chi connectivity index (χ1v) is 9.25. The summed E-state index contributed by atoms with van der Waals surface area (Å²) in [5.41, 5.74) is 0. The first kappa shape index (κ1) is 17.0. The Bertz CT molecular complexity index is 577. The molecule has 0 bridgehead atoms. The SMILES string of the molecule is CC(NC(=O)CN1CCC(NS(C)(=O)=O)CC1)c1ccco1. The summed E-state index contributed by atoms with van der Waals surface area (Å²) in [4.78, 5) is 14.1. The lowest BCUT2D eigenvalue weighted by atomic mass is 10.1. The van der Waals surface area contributed by atoms with E-state index in [1.54, 1.807) is 12.3 Å². The quantitative estimate of drug-likeness (QED) is 0.791. The van der Waals surface area contributed by atoms with E-state index in [9.17, 15) is 13.2 Å². The summed E-state index contributed by atoms with van der Waals surface area (Å²) >= 11 is 0. The Morgan fingerprint density at radius 2 is 2.14 bits per heavy atom. The Balaban J connectivity index is 1.72. The highest BCUT2D eigenvalue weighted by Crippen LogP contribution is 2.13. The maximum absolute atomic E-state index is 12.0. The van der Waals surface area contributed by atoms with Crippen LogP contribution in [0.3, 0.4) is 0 Å². The summed E-state index contributed by atoms with van der Waals surface area (Å²) in [6, 6.07) is 3.42. The van der Waals surface area contributed by atoms with Crippen LogP contribution in [0.1, 0.15) is 31.6 Å². The second-order valence-electron chi connectivity index (χ2n) is 5.75. The summed E-state index contributed by atoms with van der Waals surface area (Å²) in [5, 5.41) is 2.89. The second kappa shape index (κ2) is 7.26. The van der Waals surface area contributed by atoms with Gasteiger partial charge < -0.3 is 9.73 Å². The highest BCUT2D eigenvalue weighted by Gasteiger charge is 2.23. The number of likely N-dealkylation sites (tertiary alicyclic amines) is 1. The minimum atomic E-state index is -3.16. The van der Waals surface area contributed by atoms with Crippen LogP contribution >= 0.6 is 0 Å². The lowest BCUT2D eigenvalue weighted by Gasteiger charge is -2.31. The maximum Gasteiger partial charge on any atom is 0.234 e. The van der Waals surface area contributed by atoms with Gasteiger partial charge in [0.2, 0.25) is 15.9 Å². The zero-order valence-corrected chi connectivity index (χ0v) is 13.7. The van der Waals surface area contributed by atoms with Gasteiger partial charge in [-0.05, 0) is 31.9 Å². The van der Waals surface area contributed by atoms with Crippen LogP contribution in [-0.4, -0.2) is 51.2 Å². The number of hydrogen-bond acceptors (Lipinski definition) is 5. The van der Waals surface area contributed by atoms with Crippen LogP contribution in [0.5, 0.6) is 0 Å². The van der Waals surface area contributed by atoms with Crippen LogP contribution in [0.4, 0.5) is 0 Å². The van der Waals surface area contributed by atoms with Gasteiger partial charge >= 0.3 is 0 Å². The van der Waals surface area contributed by atoms with Crippen molar-refractivity contribution in [2.75, 3.05) is 25.9 Å². The third-order valence-corrected chi connectivity index (χ3v) is 4.44. The zero-order valence-electron chi connectivity index (χ0n) is 12.9. The van der Waals surface area contributed by atoms with Crippen molar-refractivity contribution in [1.29, 1.82) is 0 Å². The molecule has 1 saturated heterocycles. The predicted octanol–water partition coefficient (Wildman–Crippen LogP) is 0.470. The molecule has 124 valence electrons. The summed E-state index contributed by atoms with van der Waals surface area (Å²) in [6.45, 7) is 3.60. The number of hydrogen-bond donors (Lipinski definition) is 2. The van der Waals surface area contributed by atoms with Crippen LogP contribution in [0.25, 0.3) is 0 Å². The van der Waals surface area contributed by atoms with E-state index in [2.05, 4.69) is 10.0 Å². The fraction of sp³-hybridized carbons (Fsp3) is 0.643. The van der Waals surface area contributed by atoms with Crippen LogP contribution in [0.15, 0.2) is 22.8 Å². The molecule has 22 heavy (non-hydrogen) atoms. The number of sulfonamides is 1. The van der Waals surface area contributed by atoms with Crippen LogP contribution in [0.2, 0.25) is 0 Å². The minimum absolute atomic E-state index is 0.0312. The van der Waals surface area contributed by atoms with E-state index in [1.807, 2.05) is 17.9 Å². The number of rotatable bonds is 6. The lowest BCUT2D eigenvalue weighted by Crippen LogP contribution is -2.47. The highest BCUT2D eigenvalue weighted by atomic mass is 32.2. The summed E-state index contributed by atoms with van der Waals surface area (Å²) in [5.74, 6) is 0.669. The molecule has 0 aromatic carbocycles. The number of carbonyl (C=O) groups is 1. The van der Waals surface area contributed by atoms with Crippen LogP contribution in [-0.2, 0) is 14.8 Å². The molecule has 1 unspecified atom stereocenters. The summed E-state index contributed by atoms with van der Waals surface area (Å²) < 4.78 is 30.3. The van der Waals surface area contributed by atoms with E-state index in [0.717, 1.165) is 5.76 Å². The van der Waals surface area contributed by atoms with Gasteiger partial charge in [0.25, 0.3) is 0 Å². The number of nitrogens with one attached hydrogen (secondary N) is 2. The standard InChI is InChI=1S/C14H23N3O4S/c1-11(13-4-3-9-21-13)15-14(18)10-17-7-5-12(6-8-17)16-22(2,19)20/h3-4,9,11-12,16H,5-8,10H2,1-2H3,(H,15,18). The number of piperidine rings is 1. The van der Waals surface area contributed by atoms with Gasteiger partial charge in [0.1, 0.15) is 5.76 Å². The fourth-order valence-electron chi connectivity index (χ4n) is 2.61. The average Bonchev–Trinajstić information content (AvgIpc) is 2.93. The highest BCUT2D eigenvalue weighted by molar-refractivity contribution is 7.88. The third-order valence-electron chi connectivity index (χ3n) is 3.68. The Labute approximate surface area is 131 Å². The molecule has 1 aromatic heterocycles. The number of furan rings is 1. The van der Waals surface area contributed by atoms with Crippen molar-refractivity contribution in [3.05, 3.63) is 24.2 Å². The van der Waals surface area contributed by atoms with Gasteiger partial charge in [0, 0.05) is 19.1 Å². The minimum Gasteiger partial charge on any atom is -0.467 e. The van der Waals surface area contributed by atoms with Crippen LogP contribution in [0, 0.1) is 0 Å². The van der Waals surface area contributed by atoms with Gasteiger partial charge in [-0.1, -0.05) is 0 Å². The molecule has 8 heteroatoms. The normalized spacial score (nSPS) is 19.0. The Hall–Kier alpha value is -1.38. The van der Waals surface area contributed by atoms with Crippen molar-refractivity contribution in [2.45, 2.75) is 31.8 Å². The third kappa shape index (κ3) is 5.43. The molecular formula is C14H23N3O4S.